The zero-order valence-electron chi connectivity index (χ0n) is 15.7. The molecule has 1 aliphatic heterocycles. The van der Waals surface area contributed by atoms with Gasteiger partial charge in [0.15, 0.2) is 5.96 Å². The van der Waals surface area contributed by atoms with E-state index in [1.807, 2.05) is 0 Å². The van der Waals surface area contributed by atoms with Crippen molar-refractivity contribution in [3.63, 3.8) is 0 Å². The van der Waals surface area contributed by atoms with Crippen molar-refractivity contribution in [1.82, 2.24) is 15.1 Å². The quantitative estimate of drug-likeness (QED) is 0.373. The van der Waals surface area contributed by atoms with Crippen molar-refractivity contribution in [3.05, 3.63) is 35.9 Å². The first-order valence-electron chi connectivity index (χ1n) is 9.19. The number of nitrogens with zero attached hydrogens (tertiary/aromatic N) is 3. The maximum atomic E-state index is 9.80. The lowest BCUT2D eigenvalue weighted by Crippen LogP contribution is -2.41. The Morgan fingerprint density at radius 3 is 2.48 bits per heavy atom. The molecule has 25 heavy (non-hydrogen) atoms. The summed E-state index contributed by atoms with van der Waals surface area (Å²) in [7, 11) is 0. The number of aliphatic imine (C=N–C) groups is 1. The molecular formula is C19H33IN4O. The maximum absolute atomic E-state index is 9.80. The minimum Gasteiger partial charge on any atom is -0.391 e. The van der Waals surface area contributed by atoms with E-state index in [0.29, 0.717) is 6.54 Å². The highest BCUT2D eigenvalue weighted by Crippen LogP contribution is 2.21. The molecule has 1 aromatic carbocycles. The SMILES string of the molecule is CCNC(=NCC(c1ccccc1)N(CC)CC)N1CC[C@@H](O)C1.I. The van der Waals surface area contributed by atoms with Crippen molar-refractivity contribution < 1.29 is 5.11 Å². The molecule has 1 fully saturated rings. The van der Waals surface area contributed by atoms with Gasteiger partial charge in [-0.3, -0.25) is 9.89 Å². The molecule has 5 nitrogen and oxygen atoms in total. The largest absolute Gasteiger partial charge is 0.391 e. The third-order valence-electron chi connectivity index (χ3n) is 4.65. The van der Waals surface area contributed by atoms with Gasteiger partial charge < -0.3 is 15.3 Å². The Balaban J connectivity index is 0.00000312. The number of guanidine groups is 1. The van der Waals surface area contributed by atoms with E-state index in [4.69, 9.17) is 4.99 Å². The number of hydrogen-bond acceptors (Lipinski definition) is 3. The van der Waals surface area contributed by atoms with Crippen LogP contribution in [-0.4, -0.2) is 66.2 Å². The smallest absolute Gasteiger partial charge is 0.194 e. The van der Waals surface area contributed by atoms with E-state index in [1.54, 1.807) is 0 Å². The number of β-amino-alcohol motifs (C(OH)–C–C–N with tert-alkyl or cyclic N) is 1. The summed E-state index contributed by atoms with van der Waals surface area (Å²) < 4.78 is 0. The van der Waals surface area contributed by atoms with Crippen LogP contribution in [-0.2, 0) is 0 Å². The van der Waals surface area contributed by atoms with Gasteiger partial charge in [0.1, 0.15) is 0 Å². The summed E-state index contributed by atoms with van der Waals surface area (Å²) in [5, 5.41) is 13.2. The number of aliphatic hydroxyl groups is 1. The first-order valence-corrected chi connectivity index (χ1v) is 9.19. The molecule has 0 saturated carbocycles. The summed E-state index contributed by atoms with van der Waals surface area (Å²) in [5.74, 6) is 0.919. The van der Waals surface area contributed by atoms with Gasteiger partial charge in [-0.2, -0.15) is 0 Å². The van der Waals surface area contributed by atoms with E-state index in [2.05, 4.69) is 66.2 Å². The topological polar surface area (TPSA) is 51.1 Å². The molecule has 0 aromatic heterocycles. The molecule has 1 unspecified atom stereocenters. The van der Waals surface area contributed by atoms with Gasteiger partial charge in [0.25, 0.3) is 0 Å². The van der Waals surface area contributed by atoms with E-state index in [9.17, 15) is 5.11 Å². The second kappa shape index (κ2) is 11.7. The lowest BCUT2D eigenvalue weighted by atomic mass is 10.1. The Kier molecular flexibility index (Phi) is 10.4. The summed E-state index contributed by atoms with van der Waals surface area (Å²) in [4.78, 5) is 9.51. The number of halogens is 1. The van der Waals surface area contributed by atoms with E-state index in [-0.39, 0.29) is 36.1 Å². The molecule has 0 radical (unpaired) electrons. The van der Waals surface area contributed by atoms with Gasteiger partial charge in [0.2, 0.25) is 0 Å². The van der Waals surface area contributed by atoms with Crippen LogP contribution in [0.15, 0.2) is 35.3 Å². The molecule has 1 saturated heterocycles. The molecule has 2 atom stereocenters. The Hall–Kier alpha value is -0.860. The Labute approximate surface area is 169 Å². The molecule has 0 aliphatic carbocycles. The fourth-order valence-corrected chi connectivity index (χ4v) is 3.30. The zero-order chi connectivity index (χ0) is 17.4. The maximum Gasteiger partial charge on any atom is 0.194 e. The third-order valence-corrected chi connectivity index (χ3v) is 4.65. The number of nitrogens with one attached hydrogen (secondary N) is 1. The number of likely N-dealkylation sites (N-methyl/N-ethyl adjacent to an activating group) is 1. The molecule has 6 heteroatoms. The van der Waals surface area contributed by atoms with E-state index in [0.717, 1.165) is 45.1 Å². The van der Waals surface area contributed by atoms with Crippen LogP contribution < -0.4 is 5.32 Å². The van der Waals surface area contributed by atoms with Crippen molar-refractivity contribution in [3.8, 4) is 0 Å². The van der Waals surface area contributed by atoms with Gasteiger partial charge in [0, 0.05) is 19.6 Å². The van der Waals surface area contributed by atoms with Gasteiger partial charge >= 0.3 is 0 Å². The average Bonchev–Trinajstić information content (AvgIpc) is 3.04. The van der Waals surface area contributed by atoms with Crippen molar-refractivity contribution in [2.45, 2.75) is 39.3 Å². The highest BCUT2D eigenvalue weighted by molar-refractivity contribution is 14.0. The molecule has 0 spiro atoms. The van der Waals surface area contributed by atoms with Gasteiger partial charge in [-0.15, -0.1) is 24.0 Å². The summed E-state index contributed by atoms with van der Waals surface area (Å²) in [6.45, 7) is 11.6. The normalized spacial score (nSPS) is 19.0. The van der Waals surface area contributed by atoms with Crippen LogP contribution in [0.5, 0.6) is 0 Å². The number of rotatable bonds is 7. The minimum atomic E-state index is -0.235. The molecule has 2 N–H and O–H groups in total. The molecule has 1 aliphatic rings. The van der Waals surface area contributed by atoms with Gasteiger partial charge in [-0.25, -0.2) is 0 Å². The monoisotopic (exact) mass is 460 g/mol. The van der Waals surface area contributed by atoms with Crippen LogP contribution in [0.25, 0.3) is 0 Å². The van der Waals surface area contributed by atoms with Crippen LogP contribution >= 0.6 is 24.0 Å². The second-order valence-electron chi connectivity index (χ2n) is 6.23. The molecule has 1 heterocycles. The Morgan fingerprint density at radius 2 is 1.96 bits per heavy atom. The Morgan fingerprint density at radius 1 is 1.28 bits per heavy atom. The molecule has 0 bridgehead atoms. The number of benzene rings is 1. The summed E-state index contributed by atoms with van der Waals surface area (Å²) in [5.41, 5.74) is 1.31. The van der Waals surface area contributed by atoms with Crippen LogP contribution in [0.2, 0.25) is 0 Å². The van der Waals surface area contributed by atoms with Crippen molar-refractivity contribution >= 4 is 29.9 Å². The molecule has 142 valence electrons. The van der Waals surface area contributed by atoms with Crippen LogP contribution in [0.4, 0.5) is 0 Å². The van der Waals surface area contributed by atoms with E-state index >= 15 is 0 Å². The first-order chi connectivity index (χ1) is 11.7. The van der Waals surface area contributed by atoms with Crippen LogP contribution in [0.1, 0.15) is 38.8 Å². The number of hydrogen-bond donors (Lipinski definition) is 2. The van der Waals surface area contributed by atoms with E-state index in [1.165, 1.54) is 5.56 Å². The summed E-state index contributed by atoms with van der Waals surface area (Å²) >= 11 is 0. The molecule has 2 rings (SSSR count). The predicted molar refractivity (Wildman–Crippen MR) is 116 cm³/mol. The minimum absolute atomic E-state index is 0. The highest BCUT2D eigenvalue weighted by Gasteiger charge is 2.24. The van der Waals surface area contributed by atoms with Crippen LogP contribution in [0, 0.1) is 0 Å². The van der Waals surface area contributed by atoms with Crippen molar-refractivity contribution in [2.24, 2.45) is 4.99 Å². The average molecular weight is 460 g/mol. The molecular weight excluding hydrogens is 427 g/mol. The van der Waals surface area contributed by atoms with Gasteiger partial charge in [-0.05, 0) is 32.0 Å². The molecule has 1 aromatic rings. The van der Waals surface area contributed by atoms with Crippen molar-refractivity contribution in [1.29, 1.82) is 0 Å². The predicted octanol–water partition coefficient (Wildman–Crippen LogP) is 2.72. The first kappa shape index (κ1) is 22.2. The van der Waals surface area contributed by atoms with Crippen LogP contribution in [0.3, 0.4) is 0 Å². The lowest BCUT2D eigenvalue weighted by molar-refractivity contribution is 0.187. The summed E-state index contributed by atoms with van der Waals surface area (Å²) in [6.07, 6.45) is 0.587. The van der Waals surface area contributed by atoms with Gasteiger partial charge in [-0.1, -0.05) is 44.2 Å². The Bertz CT molecular complexity index is 507. The fourth-order valence-electron chi connectivity index (χ4n) is 3.30. The fraction of sp³-hybridized carbons (Fsp3) is 0.632. The zero-order valence-corrected chi connectivity index (χ0v) is 18.0. The number of aliphatic hydroxyl groups excluding tert-OH is 1. The number of likely N-dealkylation sites (tertiary alicyclic amines) is 1. The standard InChI is InChI=1S/C19H32N4O.HI/c1-4-20-19(23-13-12-17(24)15-23)21-14-18(22(5-2)6-3)16-10-8-7-9-11-16;/h7-11,17-18,24H,4-6,12-15H2,1-3H3,(H,20,21);1H/t17-,18?;/m1./s1. The lowest BCUT2D eigenvalue weighted by Gasteiger charge is -2.30. The van der Waals surface area contributed by atoms with Crippen molar-refractivity contribution in [2.75, 3.05) is 39.3 Å². The summed E-state index contributed by atoms with van der Waals surface area (Å²) in [6, 6.07) is 10.9. The van der Waals surface area contributed by atoms with Gasteiger partial charge in [0.05, 0.1) is 18.7 Å². The van der Waals surface area contributed by atoms with E-state index < -0.39 is 0 Å². The highest BCUT2D eigenvalue weighted by atomic mass is 127. The third kappa shape index (κ3) is 6.42. The second-order valence-corrected chi connectivity index (χ2v) is 6.23. The molecule has 0 amide bonds.